The zero-order valence-corrected chi connectivity index (χ0v) is 10.7. The van der Waals surface area contributed by atoms with Crippen LogP contribution in [0.5, 0.6) is 0 Å². The highest BCUT2D eigenvalue weighted by atomic mass is 16.3. The van der Waals surface area contributed by atoms with Gasteiger partial charge in [-0.25, -0.2) is 9.97 Å². The molecule has 0 radical (unpaired) electrons. The molecule has 0 spiro atoms. The number of nitrogens with zero attached hydrogens (tertiary/aromatic N) is 2. The van der Waals surface area contributed by atoms with E-state index in [1.807, 2.05) is 26.1 Å². The lowest BCUT2D eigenvalue weighted by Crippen LogP contribution is -2.16. The third-order valence-electron chi connectivity index (χ3n) is 3.34. The molecule has 4 heteroatoms. The van der Waals surface area contributed by atoms with Crippen molar-refractivity contribution in [2.75, 3.05) is 0 Å². The van der Waals surface area contributed by atoms with Crippen LogP contribution in [0.4, 0.5) is 0 Å². The van der Waals surface area contributed by atoms with Gasteiger partial charge in [-0.1, -0.05) is 0 Å². The first-order valence-corrected chi connectivity index (χ1v) is 6.34. The first kappa shape index (κ1) is 11.4. The fourth-order valence-corrected chi connectivity index (χ4v) is 1.95. The number of nitrogens with one attached hydrogen (secondary N) is 1. The number of furan rings is 1. The van der Waals surface area contributed by atoms with Crippen molar-refractivity contribution in [1.82, 2.24) is 15.3 Å². The van der Waals surface area contributed by atoms with Crippen LogP contribution in [0.15, 0.2) is 22.9 Å². The Hall–Kier alpha value is -1.68. The Bertz CT molecular complexity index is 558. The second-order valence-corrected chi connectivity index (χ2v) is 4.85. The summed E-state index contributed by atoms with van der Waals surface area (Å²) in [4.78, 5) is 8.99. The molecule has 1 aliphatic rings. The summed E-state index contributed by atoms with van der Waals surface area (Å²) in [6.45, 7) is 4.82. The topological polar surface area (TPSA) is 51.0 Å². The third-order valence-corrected chi connectivity index (χ3v) is 3.34. The Morgan fingerprint density at radius 1 is 1.39 bits per heavy atom. The smallest absolute Gasteiger partial charge is 0.162 e. The Labute approximate surface area is 106 Å². The van der Waals surface area contributed by atoms with Gasteiger partial charge in [0.15, 0.2) is 5.82 Å². The van der Waals surface area contributed by atoms with E-state index in [0.717, 1.165) is 29.4 Å². The normalized spacial score (nSPS) is 15.0. The van der Waals surface area contributed by atoms with Crippen LogP contribution < -0.4 is 5.32 Å². The molecule has 2 aromatic rings. The predicted molar refractivity (Wildman–Crippen MR) is 69.1 cm³/mol. The maximum atomic E-state index is 5.28. The lowest BCUT2D eigenvalue weighted by molar-refractivity contribution is 0.535. The van der Waals surface area contributed by atoms with Crippen molar-refractivity contribution in [3.8, 4) is 11.4 Å². The lowest BCUT2D eigenvalue weighted by Gasteiger charge is -2.07. The van der Waals surface area contributed by atoms with Gasteiger partial charge in [0.1, 0.15) is 5.76 Å². The van der Waals surface area contributed by atoms with Gasteiger partial charge in [-0.3, -0.25) is 0 Å². The highest BCUT2D eigenvalue weighted by Crippen LogP contribution is 2.22. The van der Waals surface area contributed by atoms with E-state index in [-0.39, 0.29) is 0 Å². The van der Waals surface area contributed by atoms with Gasteiger partial charge < -0.3 is 9.73 Å². The van der Waals surface area contributed by atoms with Crippen molar-refractivity contribution in [3.05, 3.63) is 35.5 Å². The predicted octanol–water partition coefficient (Wildman–Crippen LogP) is 2.61. The van der Waals surface area contributed by atoms with Crippen LogP contribution >= 0.6 is 0 Å². The summed E-state index contributed by atoms with van der Waals surface area (Å²) in [6.07, 6.45) is 6.18. The van der Waals surface area contributed by atoms with Crippen molar-refractivity contribution >= 4 is 0 Å². The van der Waals surface area contributed by atoms with Gasteiger partial charge in [0, 0.05) is 30.0 Å². The van der Waals surface area contributed by atoms with Crippen molar-refractivity contribution < 1.29 is 4.42 Å². The van der Waals surface area contributed by atoms with E-state index in [9.17, 15) is 0 Å². The molecule has 18 heavy (non-hydrogen) atoms. The van der Waals surface area contributed by atoms with Crippen LogP contribution in [0.1, 0.15) is 29.9 Å². The average molecular weight is 243 g/mol. The molecule has 0 bridgehead atoms. The molecule has 1 aliphatic carbocycles. The molecule has 1 fully saturated rings. The van der Waals surface area contributed by atoms with Gasteiger partial charge in [-0.15, -0.1) is 0 Å². The van der Waals surface area contributed by atoms with Gasteiger partial charge in [0.2, 0.25) is 0 Å². The molecule has 0 amide bonds. The third kappa shape index (κ3) is 2.29. The molecule has 0 aliphatic heterocycles. The van der Waals surface area contributed by atoms with E-state index in [1.165, 1.54) is 18.4 Å². The van der Waals surface area contributed by atoms with Crippen LogP contribution in [0, 0.1) is 13.8 Å². The van der Waals surface area contributed by atoms with Crippen LogP contribution in [-0.2, 0) is 6.54 Å². The Balaban J connectivity index is 1.81. The van der Waals surface area contributed by atoms with Crippen LogP contribution in [-0.4, -0.2) is 16.0 Å². The molecule has 1 saturated carbocycles. The monoisotopic (exact) mass is 243 g/mol. The molecule has 0 saturated heterocycles. The Morgan fingerprint density at radius 3 is 2.83 bits per heavy atom. The SMILES string of the molecule is Cc1nc(-c2ccoc2C)ncc1CNC1CC1. The molecule has 3 rings (SSSR count). The van der Waals surface area contributed by atoms with Crippen molar-refractivity contribution in [2.45, 2.75) is 39.3 Å². The first-order valence-electron chi connectivity index (χ1n) is 6.34. The summed E-state index contributed by atoms with van der Waals surface area (Å²) < 4.78 is 5.28. The minimum atomic E-state index is 0.709. The second-order valence-electron chi connectivity index (χ2n) is 4.85. The van der Waals surface area contributed by atoms with E-state index in [0.29, 0.717) is 6.04 Å². The van der Waals surface area contributed by atoms with Gasteiger partial charge in [-0.05, 0) is 32.8 Å². The minimum absolute atomic E-state index is 0.709. The molecule has 1 N–H and O–H groups in total. The quantitative estimate of drug-likeness (QED) is 0.896. The Morgan fingerprint density at radius 2 is 2.22 bits per heavy atom. The molecule has 0 atom stereocenters. The maximum absolute atomic E-state index is 5.28. The van der Waals surface area contributed by atoms with E-state index in [2.05, 4.69) is 15.3 Å². The van der Waals surface area contributed by atoms with Gasteiger partial charge in [0.25, 0.3) is 0 Å². The molecule has 94 valence electrons. The minimum Gasteiger partial charge on any atom is -0.469 e. The summed E-state index contributed by atoms with van der Waals surface area (Å²) >= 11 is 0. The zero-order chi connectivity index (χ0) is 12.5. The molecular formula is C14H17N3O. The van der Waals surface area contributed by atoms with Crippen LogP contribution in [0.3, 0.4) is 0 Å². The maximum Gasteiger partial charge on any atom is 0.162 e. The van der Waals surface area contributed by atoms with Crippen LogP contribution in [0.25, 0.3) is 11.4 Å². The highest BCUT2D eigenvalue weighted by molar-refractivity contribution is 5.57. The molecule has 4 nitrogen and oxygen atoms in total. The average Bonchev–Trinajstić information content (AvgIpc) is 3.09. The number of aromatic nitrogens is 2. The summed E-state index contributed by atoms with van der Waals surface area (Å²) in [6, 6.07) is 2.62. The number of aryl methyl sites for hydroxylation is 2. The molecule has 0 aromatic carbocycles. The molecule has 2 aromatic heterocycles. The number of hydrogen-bond acceptors (Lipinski definition) is 4. The fourth-order valence-electron chi connectivity index (χ4n) is 1.95. The molecular weight excluding hydrogens is 226 g/mol. The molecule has 2 heterocycles. The highest BCUT2D eigenvalue weighted by Gasteiger charge is 2.20. The first-order chi connectivity index (χ1) is 8.74. The summed E-state index contributed by atoms with van der Waals surface area (Å²) in [5.41, 5.74) is 3.18. The number of hydrogen-bond donors (Lipinski definition) is 1. The Kier molecular flexibility index (Phi) is 2.88. The van der Waals surface area contributed by atoms with Crippen LogP contribution in [0.2, 0.25) is 0 Å². The van der Waals surface area contributed by atoms with E-state index >= 15 is 0 Å². The van der Waals surface area contributed by atoms with Crippen molar-refractivity contribution in [3.63, 3.8) is 0 Å². The summed E-state index contributed by atoms with van der Waals surface area (Å²) in [5.74, 6) is 1.60. The standard InChI is InChI=1S/C14H17N3O/c1-9-11(7-15-12-3-4-12)8-16-14(17-9)13-5-6-18-10(13)2/h5-6,8,12,15H,3-4,7H2,1-2H3. The largest absolute Gasteiger partial charge is 0.469 e. The summed E-state index contributed by atoms with van der Waals surface area (Å²) in [5, 5.41) is 3.48. The second kappa shape index (κ2) is 4.53. The van der Waals surface area contributed by atoms with Gasteiger partial charge in [0.05, 0.1) is 11.8 Å². The molecule has 0 unspecified atom stereocenters. The van der Waals surface area contributed by atoms with E-state index < -0.39 is 0 Å². The summed E-state index contributed by atoms with van der Waals surface area (Å²) in [7, 11) is 0. The van der Waals surface area contributed by atoms with E-state index in [4.69, 9.17) is 4.42 Å². The van der Waals surface area contributed by atoms with Gasteiger partial charge >= 0.3 is 0 Å². The van der Waals surface area contributed by atoms with E-state index in [1.54, 1.807) is 6.26 Å². The van der Waals surface area contributed by atoms with Crippen molar-refractivity contribution in [1.29, 1.82) is 0 Å². The zero-order valence-electron chi connectivity index (χ0n) is 10.7. The van der Waals surface area contributed by atoms with Crippen molar-refractivity contribution in [2.24, 2.45) is 0 Å². The fraction of sp³-hybridized carbons (Fsp3) is 0.429. The number of rotatable bonds is 4. The lowest BCUT2D eigenvalue weighted by atomic mass is 10.2. The van der Waals surface area contributed by atoms with Gasteiger partial charge in [-0.2, -0.15) is 0 Å².